The molecule has 2 aromatic carbocycles. The standard InChI is InChI=1S/C24H24N4O3S/c1-30-15-14-28-23(26-27-24(28)32-17-21(29)20-11-7-13-25-20)16-31-22-12-6-5-10-19(22)18-8-3-2-4-9-18/h2-13,25H,14-17H2,1H3. The van der Waals surface area contributed by atoms with E-state index in [2.05, 4.69) is 27.3 Å². The van der Waals surface area contributed by atoms with Crippen LogP contribution in [0.3, 0.4) is 0 Å². The average Bonchev–Trinajstić information content (AvgIpc) is 3.51. The van der Waals surface area contributed by atoms with Gasteiger partial charge in [0.1, 0.15) is 12.4 Å². The first-order valence-corrected chi connectivity index (χ1v) is 11.2. The van der Waals surface area contributed by atoms with Crippen LogP contribution < -0.4 is 4.74 Å². The number of methoxy groups -OCH3 is 1. The first-order valence-electron chi connectivity index (χ1n) is 10.2. The minimum absolute atomic E-state index is 0.0101. The zero-order chi connectivity index (χ0) is 22.2. The Balaban J connectivity index is 1.49. The summed E-state index contributed by atoms with van der Waals surface area (Å²) >= 11 is 1.36. The number of thioether (sulfide) groups is 1. The molecule has 0 saturated carbocycles. The predicted molar refractivity (Wildman–Crippen MR) is 124 cm³/mol. The fourth-order valence-electron chi connectivity index (χ4n) is 3.24. The molecule has 2 aromatic heterocycles. The molecular weight excluding hydrogens is 424 g/mol. The summed E-state index contributed by atoms with van der Waals surface area (Å²) in [6.45, 7) is 1.33. The number of ether oxygens (including phenoxy) is 2. The van der Waals surface area contributed by atoms with Gasteiger partial charge in [-0.25, -0.2) is 0 Å². The zero-order valence-electron chi connectivity index (χ0n) is 17.7. The zero-order valence-corrected chi connectivity index (χ0v) is 18.5. The van der Waals surface area contributed by atoms with E-state index in [1.807, 2.05) is 53.1 Å². The number of Topliss-reactive ketones (excluding diaryl/α,β-unsaturated/α-hetero) is 1. The fraction of sp³-hybridized carbons (Fsp3) is 0.208. The molecule has 0 bridgehead atoms. The predicted octanol–water partition coefficient (Wildman–Crippen LogP) is 4.47. The lowest BCUT2D eigenvalue weighted by molar-refractivity contribution is 0.101. The molecule has 4 rings (SSSR count). The van der Waals surface area contributed by atoms with Gasteiger partial charge in [0, 0.05) is 25.4 Å². The Morgan fingerprint density at radius 1 is 1.03 bits per heavy atom. The Bertz CT molecular complexity index is 1140. The van der Waals surface area contributed by atoms with Gasteiger partial charge in [-0.1, -0.05) is 60.3 Å². The summed E-state index contributed by atoms with van der Waals surface area (Å²) in [5.41, 5.74) is 2.69. The van der Waals surface area contributed by atoms with E-state index in [9.17, 15) is 4.79 Å². The summed E-state index contributed by atoms with van der Waals surface area (Å²) in [6.07, 6.45) is 1.74. The van der Waals surface area contributed by atoms with E-state index in [1.165, 1.54) is 11.8 Å². The maximum absolute atomic E-state index is 12.3. The van der Waals surface area contributed by atoms with E-state index in [-0.39, 0.29) is 18.1 Å². The number of nitrogens with one attached hydrogen (secondary N) is 1. The molecule has 0 atom stereocenters. The Morgan fingerprint density at radius 3 is 2.62 bits per heavy atom. The van der Waals surface area contributed by atoms with Gasteiger partial charge < -0.3 is 19.0 Å². The SMILES string of the molecule is COCCn1c(COc2ccccc2-c2ccccc2)nnc1SCC(=O)c1ccc[nH]1. The van der Waals surface area contributed by atoms with Gasteiger partial charge in [0.2, 0.25) is 0 Å². The highest BCUT2D eigenvalue weighted by Gasteiger charge is 2.16. The van der Waals surface area contributed by atoms with Gasteiger partial charge >= 0.3 is 0 Å². The van der Waals surface area contributed by atoms with Crippen LogP contribution in [-0.2, 0) is 17.9 Å². The van der Waals surface area contributed by atoms with Crippen molar-refractivity contribution in [1.82, 2.24) is 19.7 Å². The van der Waals surface area contributed by atoms with Gasteiger partial charge in [-0.2, -0.15) is 0 Å². The van der Waals surface area contributed by atoms with E-state index in [4.69, 9.17) is 9.47 Å². The molecule has 164 valence electrons. The Morgan fingerprint density at radius 2 is 1.84 bits per heavy atom. The van der Waals surface area contributed by atoms with Crippen molar-refractivity contribution >= 4 is 17.5 Å². The van der Waals surface area contributed by atoms with E-state index in [0.717, 1.165) is 16.9 Å². The van der Waals surface area contributed by atoms with Crippen molar-refractivity contribution in [3.8, 4) is 16.9 Å². The van der Waals surface area contributed by atoms with Crippen molar-refractivity contribution < 1.29 is 14.3 Å². The summed E-state index contributed by atoms with van der Waals surface area (Å²) in [5, 5.41) is 9.28. The molecule has 4 aromatic rings. The van der Waals surface area contributed by atoms with Crippen molar-refractivity contribution in [3.63, 3.8) is 0 Å². The van der Waals surface area contributed by atoms with Crippen molar-refractivity contribution in [1.29, 1.82) is 0 Å². The van der Waals surface area contributed by atoms with E-state index < -0.39 is 0 Å². The van der Waals surface area contributed by atoms with Crippen LogP contribution in [0, 0.1) is 0 Å². The first kappa shape index (κ1) is 21.9. The third-order valence-corrected chi connectivity index (χ3v) is 5.84. The molecule has 7 nitrogen and oxygen atoms in total. The highest BCUT2D eigenvalue weighted by molar-refractivity contribution is 7.99. The van der Waals surface area contributed by atoms with Crippen LogP contribution in [0.4, 0.5) is 0 Å². The highest BCUT2D eigenvalue weighted by Crippen LogP contribution is 2.30. The van der Waals surface area contributed by atoms with Gasteiger partial charge in [-0.3, -0.25) is 4.79 Å². The molecule has 0 unspecified atom stereocenters. The average molecular weight is 449 g/mol. The minimum atomic E-state index is 0.0101. The number of ketones is 1. The quantitative estimate of drug-likeness (QED) is 0.269. The maximum Gasteiger partial charge on any atom is 0.191 e. The monoisotopic (exact) mass is 448 g/mol. The number of nitrogens with zero attached hydrogens (tertiary/aromatic N) is 3. The number of aromatic nitrogens is 4. The Hall–Kier alpha value is -3.36. The lowest BCUT2D eigenvalue weighted by Gasteiger charge is -2.13. The van der Waals surface area contributed by atoms with Gasteiger partial charge in [-0.05, 0) is 23.8 Å². The molecule has 0 spiro atoms. The van der Waals surface area contributed by atoms with Crippen LogP contribution in [0.15, 0.2) is 78.1 Å². The summed E-state index contributed by atoms with van der Waals surface area (Å²) in [5.74, 6) is 1.73. The summed E-state index contributed by atoms with van der Waals surface area (Å²) in [7, 11) is 1.65. The van der Waals surface area contributed by atoms with Crippen LogP contribution in [-0.4, -0.2) is 45.0 Å². The Kier molecular flexibility index (Phi) is 7.37. The number of carbonyl (C=O) groups excluding carboxylic acids is 1. The van der Waals surface area contributed by atoms with Crippen molar-refractivity contribution in [2.75, 3.05) is 19.5 Å². The van der Waals surface area contributed by atoms with E-state index in [1.54, 1.807) is 19.4 Å². The number of benzene rings is 2. The number of aromatic amines is 1. The molecule has 0 aliphatic carbocycles. The Labute approximate surface area is 190 Å². The van der Waals surface area contributed by atoms with Crippen LogP contribution in [0.1, 0.15) is 16.3 Å². The highest BCUT2D eigenvalue weighted by atomic mass is 32.2. The van der Waals surface area contributed by atoms with Gasteiger partial charge in [0.25, 0.3) is 0 Å². The lowest BCUT2D eigenvalue weighted by atomic mass is 10.1. The second-order valence-electron chi connectivity index (χ2n) is 6.99. The third-order valence-electron chi connectivity index (χ3n) is 4.87. The molecule has 0 radical (unpaired) electrons. The number of hydrogen-bond acceptors (Lipinski definition) is 6. The molecule has 0 aliphatic heterocycles. The van der Waals surface area contributed by atoms with Gasteiger partial charge in [0.05, 0.1) is 18.1 Å². The minimum Gasteiger partial charge on any atom is -0.485 e. The lowest BCUT2D eigenvalue weighted by Crippen LogP contribution is -2.12. The molecular formula is C24H24N4O3S. The smallest absolute Gasteiger partial charge is 0.191 e. The molecule has 1 N–H and O–H groups in total. The number of carbonyl (C=O) groups is 1. The largest absolute Gasteiger partial charge is 0.485 e. The van der Waals surface area contributed by atoms with Crippen LogP contribution in [0.25, 0.3) is 11.1 Å². The van der Waals surface area contributed by atoms with E-state index in [0.29, 0.717) is 29.8 Å². The molecule has 8 heteroatoms. The maximum atomic E-state index is 12.3. The number of hydrogen-bond donors (Lipinski definition) is 1. The summed E-state index contributed by atoms with van der Waals surface area (Å²) < 4.78 is 13.3. The van der Waals surface area contributed by atoms with E-state index >= 15 is 0 Å². The first-order chi connectivity index (χ1) is 15.8. The second-order valence-corrected chi connectivity index (χ2v) is 7.93. The number of para-hydroxylation sites is 1. The van der Waals surface area contributed by atoms with Crippen molar-refractivity contribution in [3.05, 3.63) is 84.4 Å². The number of H-pyrrole nitrogens is 1. The topological polar surface area (TPSA) is 82.0 Å². The number of rotatable bonds is 11. The summed E-state index contributed by atoms with van der Waals surface area (Å²) in [4.78, 5) is 15.3. The van der Waals surface area contributed by atoms with Gasteiger partial charge in [-0.15, -0.1) is 10.2 Å². The summed E-state index contributed by atoms with van der Waals surface area (Å²) in [6, 6.07) is 21.6. The second kappa shape index (κ2) is 10.8. The van der Waals surface area contributed by atoms with Crippen LogP contribution in [0.5, 0.6) is 5.75 Å². The van der Waals surface area contributed by atoms with Crippen LogP contribution >= 0.6 is 11.8 Å². The molecule has 0 aliphatic rings. The molecule has 0 saturated heterocycles. The third kappa shape index (κ3) is 5.27. The molecule has 32 heavy (non-hydrogen) atoms. The van der Waals surface area contributed by atoms with Crippen molar-refractivity contribution in [2.45, 2.75) is 18.3 Å². The molecule has 0 amide bonds. The van der Waals surface area contributed by atoms with Gasteiger partial charge in [0.15, 0.2) is 16.8 Å². The fourth-order valence-corrected chi connectivity index (χ4v) is 4.11. The van der Waals surface area contributed by atoms with Crippen molar-refractivity contribution in [2.24, 2.45) is 0 Å². The molecule has 2 heterocycles. The normalized spacial score (nSPS) is 10.9. The molecule has 0 fully saturated rings. The van der Waals surface area contributed by atoms with Crippen LogP contribution in [0.2, 0.25) is 0 Å².